The molecule has 2 amide bonds. The van der Waals surface area contributed by atoms with Gasteiger partial charge in [0, 0.05) is 6.42 Å². The molecule has 0 atom stereocenters. The van der Waals surface area contributed by atoms with E-state index in [2.05, 4.69) is 15.5 Å². The molecule has 1 aromatic rings. The second kappa shape index (κ2) is 6.06. The monoisotopic (exact) mass is 240 g/mol. The van der Waals surface area contributed by atoms with Gasteiger partial charge in [-0.3, -0.25) is 9.59 Å². The van der Waals surface area contributed by atoms with Crippen molar-refractivity contribution in [3.05, 3.63) is 12.1 Å². The van der Waals surface area contributed by atoms with E-state index in [1.54, 1.807) is 19.1 Å². The molecule has 3 N–H and O–H groups in total. The van der Waals surface area contributed by atoms with Crippen LogP contribution in [0.1, 0.15) is 13.3 Å². The topological polar surface area (TPSA) is 98.0 Å². The number of amides is 2. The van der Waals surface area contributed by atoms with E-state index >= 15 is 0 Å². The first-order valence-corrected chi connectivity index (χ1v) is 5.65. The SMILES string of the molecule is CCC(=O)Nc1ccc(SCC(N)=O)nn1. The smallest absolute Gasteiger partial charge is 0.227 e. The standard InChI is InChI=1S/C9H12N4O2S/c1-2-8(15)11-7-3-4-9(13-12-7)16-5-6(10)14/h3-4H,2,5H2,1H3,(H2,10,14)(H,11,12,15). The summed E-state index contributed by atoms with van der Waals surface area (Å²) in [4.78, 5) is 21.6. The summed E-state index contributed by atoms with van der Waals surface area (Å²) >= 11 is 1.20. The molecular formula is C9H12N4O2S. The van der Waals surface area contributed by atoms with Gasteiger partial charge in [0.15, 0.2) is 5.82 Å². The summed E-state index contributed by atoms with van der Waals surface area (Å²) in [7, 11) is 0. The molecule has 16 heavy (non-hydrogen) atoms. The summed E-state index contributed by atoms with van der Waals surface area (Å²) in [5.41, 5.74) is 4.99. The fourth-order valence-corrected chi connectivity index (χ4v) is 1.39. The Balaban J connectivity index is 2.54. The van der Waals surface area contributed by atoms with Crippen LogP contribution in [-0.4, -0.2) is 27.8 Å². The van der Waals surface area contributed by atoms with Crippen LogP contribution in [0.25, 0.3) is 0 Å². The minimum Gasteiger partial charge on any atom is -0.369 e. The second-order valence-electron chi connectivity index (χ2n) is 2.91. The van der Waals surface area contributed by atoms with Crippen molar-refractivity contribution in [1.82, 2.24) is 10.2 Å². The van der Waals surface area contributed by atoms with E-state index < -0.39 is 5.91 Å². The van der Waals surface area contributed by atoms with Crippen molar-refractivity contribution in [3.63, 3.8) is 0 Å². The molecule has 1 heterocycles. The van der Waals surface area contributed by atoms with E-state index in [0.717, 1.165) is 0 Å². The fourth-order valence-electron chi connectivity index (χ4n) is 0.840. The van der Waals surface area contributed by atoms with Gasteiger partial charge < -0.3 is 11.1 Å². The normalized spacial score (nSPS) is 9.81. The number of hydrogen-bond donors (Lipinski definition) is 2. The van der Waals surface area contributed by atoms with Crippen LogP contribution in [0.5, 0.6) is 0 Å². The van der Waals surface area contributed by atoms with Gasteiger partial charge in [0.25, 0.3) is 0 Å². The maximum atomic E-state index is 11.0. The minimum absolute atomic E-state index is 0.119. The predicted molar refractivity (Wildman–Crippen MR) is 60.9 cm³/mol. The van der Waals surface area contributed by atoms with Crippen molar-refractivity contribution >= 4 is 29.4 Å². The highest BCUT2D eigenvalue weighted by atomic mass is 32.2. The summed E-state index contributed by atoms with van der Waals surface area (Å²) in [6.45, 7) is 1.75. The van der Waals surface area contributed by atoms with Crippen molar-refractivity contribution in [1.29, 1.82) is 0 Å². The lowest BCUT2D eigenvalue weighted by Crippen LogP contribution is -2.13. The first kappa shape index (κ1) is 12.4. The number of primary amides is 1. The van der Waals surface area contributed by atoms with Gasteiger partial charge >= 0.3 is 0 Å². The Morgan fingerprint density at radius 1 is 1.44 bits per heavy atom. The Bertz CT molecular complexity index is 380. The summed E-state index contributed by atoms with van der Waals surface area (Å²) in [6.07, 6.45) is 0.389. The van der Waals surface area contributed by atoms with Gasteiger partial charge in [0.2, 0.25) is 11.8 Å². The third-order valence-corrected chi connectivity index (χ3v) is 2.53. The minimum atomic E-state index is -0.407. The molecule has 86 valence electrons. The largest absolute Gasteiger partial charge is 0.369 e. The lowest BCUT2D eigenvalue weighted by atomic mass is 10.4. The third-order valence-electron chi connectivity index (χ3n) is 1.59. The number of hydrogen-bond acceptors (Lipinski definition) is 5. The molecule has 0 aliphatic carbocycles. The van der Waals surface area contributed by atoms with E-state index in [0.29, 0.717) is 17.3 Å². The van der Waals surface area contributed by atoms with Gasteiger partial charge in [-0.15, -0.1) is 10.2 Å². The quantitative estimate of drug-likeness (QED) is 0.726. The molecular weight excluding hydrogens is 228 g/mol. The van der Waals surface area contributed by atoms with Gasteiger partial charge in [0.1, 0.15) is 5.03 Å². The average Bonchev–Trinajstić information content (AvgIpc) is 2.28. The van der Waals surface area contributed by atoms with Crippen LogP contribution in [0.15, 0.2) is 17.2 Å². The van der Waals surface area contributed by atoms with E-state index in [1.165, 1.54) is 11.8 Å². The summed E-state index contributed by atoms with van der Waals surface area (Å²) in [5.74, 6) is 0.0345. The van der Waals surface area contributed by atoms with Crippen LogP contribution in [-0.2, 0) is 9.59 Å². The van der Waals surface area contributed by atoms with Crippen molar-refractivity contribution in [2.75, 3.05) is 11.1 Å². The van der Waals surface area contributed by atoms with E-state index in [-0.39, 0.29) is 11.7 Å². The van der Waals surface area contributed by atoms with Crippen molar-refractivity contribution in [3.8, 4) is 0 Å². The highest BCUT2D eigenvalue weighted by Gasteiger charge is 2.03. The molecule has 0 aromatic carbocycles. The number of nitrogens with one attached hydrogen (secondary N) is 1. The summed E-state index contributed by atoms with van der Waals surface area (Å²) < 4.78 is 0. The molecule has 0 bridgehead atoms. The first-order valence-electron chi connectivity index (χ1n) is 4.66. The molecule has 0 saturated carbocycles. The number of anilines is 1. The van der Waals surface area contributed by atoms with Crippen LogP contribution in [0.3, 0.4) is 0 Å². The Labute approximate surface area is 97.0 Å². The zero-order chi connectivity index (χ0) is 12.0. The fraction of sp³-hybridized carbons (Fsp3) is 0.333. The van der Waals surface area contributed by atoms with E-state index in [1.807, 2.05) is 0 Å². The predicted octanol–water partition coefficient (Wildman–Crippen LogP) is 0.402. The lowest BCUT2D eigenvalue weighted by Gasteiger charge is -2.02. The number of rotatable bonds is 5. The highest BCUT2D eigenvalue weighted by molar-refractivity contribution is 7.99. The number of carbonyl (C=O) groups excluding carboxylic acids is 2. The number of thioether (sulfide) groups is 1. The third kappa shape index (κ3) is 4.26. The van der Waals surface area contributed by atoms with E-state index in [9.17, 15) is 9.59 Å². The van der Waals surface area contributed by atoms with Gasteiger partial charge in [-0.25, -0.2) is 0 Å². The zero-order valence-electron chi connectivity index (χ0n) is 8.77. The van der Waals surface area contributed by atoms with Gasteiger partial charge in [-0.05, 0) is 12.1 Å². The summed E-state index contributed by atoms with van der Waals surface area (Å²) in [6, 6.07) is 3.30. The van der Waals surface area contributed by atoms with Crippen LogP contribution in [0.4, 0.5) is 5.82 Å². The Hall–Kier alpha value is -1.63. The molecule has 1 aromatic heterocycles. The number of aromatic nitrogens is 2. The number of carbonyl (C=O) groups is 2. The number of nitrogens with two attached hydrogens (primary N) is 1. The molecule has 0 radical (unpaired) electrons. The van der Waals surface area contributed by atoms with Crippen molar-refractivity contribution in [2.45, 2.75) is 18.4 Å². The maximum Gasteiger partial charge on any atom is 0.227 e. The molecule has 0 unspecified atom stereocenters. The highest BCUT2D eigenvalue weighted by Crippen LogP contribution is 2.14. The molecule has 1 rings (SSSR count). The average molecular weight is 240 g/mol. The molecule has 0 spiro atoms. The van der Waals surface area contributed by atoms with Crippen molar-refractivity contribution in [2.24, 2.45) is 5.73 Å². The van der Waals surface area contributed by atoms with Crippen LogP contribution in [0, 0.1) is 0 Å². The number of nitrogens with zero attached hydrogens (tertiary/aromatic N) is 2. The van der Waals surface area contributed by atoms with Crippen LogP contribution >= 0.6 is 11.8 Å². The lowest BCUT2D eigenvalue weighted by molar-refractivity contribution is -0.116. The van der Waals surface area contributed by atoms with Gasteiger partial charge in [-0.1, -0.05) is 18.7 Å². The summed E-state index contributed by atoms with van der Waals surface area (Å²) in [5, 5.41) is 10.8. The maximum absolute atomic E-state index is 11.0. The molecule has 0 fully saturated rings. The second-order valence-corrected chi connectivity index (χ2v) is 3.91. The molecule has 0 saturated heterocycles. The molecule has 0 aliphatic rings. The molecule has 7 heteroatoms. The molecule has 6 nitrogen and oxygen atoms in total. The van der Waals surface area contributed by atoms with E-state index in [4.69, 9.17) is 5.73 Å². The van der Waals surface area contributed by atoms with Crippen LogP contribution in [0.2, 0.25) is 0 Å². The first-order chi connectivity index (χ1) is 7.61. The van der Waals surface area contributed by atoms with Crippen molar-refractivity contribution < 1.29 is 9.59 Å². The van der Waals surface area contributed by atoms with Gasteiger partial charge in [0.05, 0.1) is 5.75 Å². The Kier molecular flexibility index (Phi) is 4.71. The Morgan fingerprint density at radius 2 is 2.19 bits per heavy atom. The van der Waals surface area contributed by atoms with Crippen LogP contribution < -0.4 is 11.1 Å². The van der Waals surface area contributed by atoms with Gasteiger partial charge in [-0.2, -0.15) is 0 Å². The Morgan fingerprint density at radius 3 is 2.69 bits per heavy atom. The zero-order valence-corrected chi connectivity index (χ0v) is 9.58. The molecule has 0 aliphatic heterocycles.